The van der Waals surface area contributed by atoms with Gasteiger partial charge in [0, 0.05) is 17.4 Å². The first kappa shape index (κ1) is 14.0. The Balaban J connectivity index is 1.63. The van der Waals surface area contributed by atoms with Gasteiger partial charge in [-0.2, -0.15) is 11.8 Å². The van der Waals surface area contributed by atoms with Crippen LogP contribution in [0.4, 0.5) is 9.59 Å². The standard InChI is InChI=1S/C11H17N3O4S/c15-8(13-11(17)18)4-2-1-3-7-9-6(5-19-7)12-10(16)14-9/h6-7,9H,1-5H2,(H,13,15)(H,17,18)(H2,12,14,16)/t6-,7-,9-/m0/s1. The molecule has 3 atom stereocenters. The van der Waals surface area contributed by atoms with E-state index in [0.717, 1.165) is 18.6 Å². The molecule has 0 unspecified atom stereocenters. The Labute approximate surface area is 114 Å². The number of unbranched alkanes of at least 4 members (excludes halogenated alkanes) is 1. The third-order valence-corrected chi connectivity index (χ3v) is 4.84. The Bertz CT molecular complexity index is 390. The lowest BCUT2D eigenvalue weighted by atomic mass is 10.0. The van der Waals surface area contributed by atoms with E-state index < -0.39 is 12.0 Å². The monoisotopic (exact) mass is 287 g/mol. The van der Waals surface area contributed by atoms with Gasteiger partial charge in [-0.25, -0.2) is 9.59 Å². The molecule has 0 aliphatic carbocycles. The van der Waals surface area contributed by atoms with Gasteiger partial charge in [-0.05, 0) is 12.8 Å². The maximum absolute atomic E-state index is 11.2. The zero-order chi connectivity index (χ0) is 13.8. The second kappa shape index (κ2) is 6.14. The number of thioether (sulfide) groups is 1. The van der Waals surface area contributed by atoms with Gasteiger partial charge >= 0.3 is 12.1 Å². The molecule has 0 bridgehead atoms. The number of nitrogens with one attached hydrogen (secondary N) is 3. The fourth-order valence-corrected chi connectivity index (χ4v) is 4.00. The molecule has 2 fully saturated rings. The summed E-state index contributed by atoms with van der Waals surface area (Å²) < 4.78 is 0. The summed E-state index contributed by atoms with van der Waals surface area (Å²) in [7, 11) is 0. The lowest BCUT2D eigenvalue weighted by Crippen LogP contribution is -2.36. The fraction of sp³-hybridized carbons (Fsp3) is 0.727. The molecular weight excluding hydrogens is 270 g/mol. The van der Waals surface area contributed by atoms with E-state index in [-0.39, 0.29) is 24.5 Å². The van der Waals surface area contributed by atoms with Crippen LogP contribution in [0.25, 0.3) is 0 Å². The maximum atomic E-state index is 11.2. The summed E-state index contributed by atoms with van der Waals surface area (Å²) in [6.07, 6.45) is 1.36. The van der Waals surface area contributed by atoms with Crippen molar-refractivity contribution in [3.8, 4) is 0 Å². The number of carbonyl (C=O) groups is 3. The predicted octanol–water partition coefficient (Wildman–Crippen LogP) is 0.506. The third-order valence-electron chi connectivity index (χ3n) is 3.33. The minimum absolute atomic E-state index is 0.0962. The molecule has 19 heavy (non-hydrogen) atoms. The van der Waals surface area contributed by atoms with Gasteiger partial charge in [0.25, 0.3) is 0 Å². The first-order valence-electron chi connectivity index (χ1n) is 6.27. The Hall–Kier alpha value is -1.44. The molecule has 2 aliphatic heterocycles. The van der Waals surface area contributed by atoms with Gasteiger partial charge in [-0.1, -0.05) is 6.42 Å². The molecular formula is C11H17N3O4S. The minimum Gasteiger partial charge on any atom is -0.465 e. The van der Waals surface area contributed by atoms with Crippen LogP contribution in [-0.2, 0) is 4.79 Å². The van der Waals surface area contributed by atoms with Crippen molar-refractivity contribution < 1.29 is 19.5 Å². The first-order valence-corrected chi connectivity index (χ1v) is 7.32. The zero-order valence-electron chi connectivity index (χ0n) is 10.3. The van der Waals surface area contributed by atoms with E-state index in [9.17, 15) is 14.4 Å². The number of imide groups is 1. The Morgan fingerprint density at radius 1 is 1.37 bits per heavy atom. The molecule has 2 saturated heterocycles. The molecule has 0 aromatic rings. The normalized spacial score (nSPS) is 28.4. The van der Waals surface area contributed by atoms with Gasteiger partial charge in [0.1, 0.15) is 0 Å². The van der Waals surface area contributed by atoms with E-state index in [1.807, 2.05) is 17.1 Å². The number of amides is 4. The van der Waals surface area contributed by atoms with E-state index >= 15 is 0 Å². The van der Waals surface area contributed by atoms with E-state index in [2.05, 4.69) is 10.6 Å². The Morgan fingerprint density at radius 2 is 2.16 bits per heavy atom. The van der Waals surface area contributed by atoms with E-state index in [1.54, 1.807) is 0 Å². The molecule has 106 valence electrons. The third kappa shape index (κ3) is 3.76. The van der Waals surface area contributed by atoms with Crippen molar-refractivity contribution in [2.75, 3.05) is 5.75 Å². The number of urea groups is 1. The van der Waals surface area contributed by atoms with Crippen LogP contribution in [0.5, 0.6) is 0 Å². The summed E-state index contributed by atoms with van der Waals surface area (Å²) in [6.45, 7) is 0. The molecule has 0 saturated carbocycles. The largest absolute Gasteiger partial charge is 0.465 e. The zero-order valence-corrected chi connectivity index (χ0v) is 11.2. The van der Waals surface area contributed by atoms with Gasteiger partial charge in [0.2, 0.25) is 5.91 Å². The first-order chi connectivity index (χ1) is 9.06. The summed E-state index contributed by atoms with van der Waals surface area (Å²) in [4.78, 5) is 32.5. The van der Waals surface area contributed by atoms with E-state index in [4.69, 9.17) is 5.11 Å². The van der Waals surface area contributed by atoms with Crippen molar-refractivity contribution in [1.82, 2.24) is 16.0 Å². The Kier molecular flexibility index (Phi) is 4.52. The van der Waals surface area contributed by atoms with Crippen LogP contribution in [0.2, 0.25) is 0 Å². The molecule has 2 heterocycles. The molecule has 4 amide bonds. The summed E-state index contributed by atoms with van der Waals surface area (Å²) in [5.41, 5.74) is 0. The second-order valence-corrected chi connectivity index (χ2v) is 5.99. The maximum Gasteiger partial charge on any atom is 0.411 e. The number of carboxylic acid groups (broad SMARTS) is 1. The molecule has 0 aromatic heterocycles. The van der Waals surface area contributed by atoms with Crippen LogP contribution in [0, 0.1) is 0 Å². The van der Waals surface area contributed by atoms with Crippen molar-refractivity contribution in [3.63, 3.8) is 0 Å². The number of carbonyl (C=O) groups excluding carboxylic acids is 2. The number of rotatable bonds is 5. The molecule has 2 aliphatic rings. The average molecular weight is 287 g/mol. The highest BCUT2D eigenvalue weighted by atomic mass is 32.2. The summed E-state index contributed by atoms with van der Waals surface area (Å²) in [5.74, 6) is 0.466. The lowest BCUT2D eigenvalue weighted by molar-refractivity contribution is -0.120. The van der Waals surface area contributed by atoms with Gasteiger partial charge in [0.15, 0.2) is 0 Å². The second-order valence-electron chi connectivity index (χ2n) is 4.72. The van der Waals surface area contributed by atoms with Crippen LogP contribution in [0.15, 0.2) is 0 Å². The van der Waals surface area contributed by atoms with Crippen LogP contribution < -0.4 is 16.0 Å². The van der Waals surface area contributed by atoms with E-state index in [1.165, 1.54) is 0 Å². The highest BCUT2D eigenvalue weighted by Crippen LogP contribution is 2.33. The van der Waals surface area contributed by atoms with E-state index in [0.29, 0.717) is 11.7 Å². The fourth-order valence-electron chi connectivity index (χ4n) is 2.46. The van der Waals surface area contributed by atoms with Crippen molar-refractivity contribution in [2.24, 2.45) is 0 Å². The summed E-state index contributed by atoms with van der Waals surface area (Å²) in [5, 5.41) is 16.3. The predicted molar refractivity (Wildman–Crippen MR) is 70.1 cm³/mol. The SMILES string of the molecule is O=C(O)NC(=O)CCCC[C@@H]1SC[C@@H]2NC(=O)N[C@@H]21. The van der Waals surface area contributed by atoms with Gasteiger partial charge in [-0.3, -0.25) is 10.1 Å². The van der Waals surface area contributed by atoms with Gasteiger partial charge in [0.05, 0.1) is 12.1 Å². The van der Waals surface area contributed by atoms with Crippen molar-refractivity contribution >= 4 is 29.8 Å². The molecule has 8 heteroatoms. The number of fused-ring (bicyclic) bond motifs is 1. The van der Waals surface area contributed by atoms with Crippen LogP contribution >= 0.6 is 11.8 Å². The van der Waals surface area contributed by atoms with Crippen LogP contribution in [0.1, 0.15) is 25.7 Å². The summed E-state index contributed by atoms with van der Waals surface area (Å²) in [6, 6.07) is 0.310. The highest BCUT2D eigenvalue weighted by Gasteiger charge is 2.42. The minimum atomic E-state index is -1.31. The number of hydrogen-bond donors (Lipinski definition) is 4. The lowest BCUT2D eigenvalue weighted by Gasteiger charge is -2.16. The average Bonchev–Trinajstić information content (AvgIpc) is 2.83. The van der Waals surface area contributed by atoms with Crippen molar-refractivity contribution in [3.05, 3.63) is 0 Å². The molecule has 7 nitrogen and oxygen atoms in total. The molecule has 4 N–H and O–H groups in total. The molecule has 0 radical (unpaired) electrons. The smallest absolute Gasteiger partial charge is 0.411 e. The molecule has 0 spiro atoms. The topological polar surface area (TPSA) is 108 Å². The molecule has 2 rings (SSSR count). The van der Waals surface area contributed by atoms with Crippen LogP contribution in [0.3, 0.4) is 0 Å². The quantitative estimate of drug-likeness (QED) is 0.435. The molecule has 0 aromatic carbocycles. The van der Waals surface area contributed by atoms with Crippen molar-refractivity contribution in [2.45, 2.75) is 43.0 Å². The highest BCUT2D eigenvalue weighted by molar-refractivity contribution is 8.00. The van der Waals surface area contributed by atoms with Gasteiger partial charge < -0.3 is 15.7 Å². The Morgan fingerprint density at radius 3 is 2.89 bits per heavy atom. The van der Waals surface area contributed by atoms with Crippen LogP contribution in [-0.4, -0.2) is 46.2 Å². The van der Waals surface area contributed by atoms with Gasteiger partial charge in [-0.15, -0.1) is 0 Å². The van der Waals surface area contributed by atoms with Crippen molar-refractivity contribution in [1.29, 1.82) is 0 Å². The summed E-state index contributed by atoms with van der Waals surface area (Å²) >= 11 is 1.83. The number of hydrogen-bond acceptors (Lipinski definition) is 4.